The number of aryl methyl sites for hydroxylation is 4. The van der Waals surface area contributed by atoms with Crippen LogP contribution in [0.15, 0.2) is 72.8 Å². The highest BCUT2D eigenvalue weighted by Gasteiger charge is 2.18. The number of benzene rings is 3. The van der Waals surface area contributed by atoms with E-state index in [1.807, 2.05) is 0 Å². The second-order valence-electron chi connectivity index (χ2n) is 7.36. The molecule has 5 rings (SSSR count). The Hall–Kier alpha value is -2.42. The zero-order valence-electron chi connectivity index (χ0n) is 15.1. The number of hydrogen-bond donors (Lipinski definition) is 2. The molecule has 2 aliphatic carbocycles. The molecule has 4 N–H and O–H groups in total. The van der Waals surface area contributed by atoms with Crippen molar-refractivity contribution < 1.29 is 0 Å². The molecular weight excluding hydrogens is 316 g/mol. The zero-order chi connectivity index (χ0) is 17.9. The van der Waals surface area contributed by atoms with E-state index in [4.69, 9.17) is 11.5 Å². The van der Waals surface area contributed by atoms with Gasteiger partial charge in [-0.25, -0.2) is 0 Å². The Kier molecular flexibility index (Phi) is 4.87. The highest BCUT2D eigenvalue weighted by molar-refractivity contribution is 5.34. The Labute approximate surface area is 155 Å². The molecule has 132 valence electrons. The van der Waals surface area contributed by atoms with Gasteiger partial charge in [-0.1, -0.05) is 72.8 Å². The molecule has 2 atom stereocenters. The van der Waals surface area contributed by atoms with Crippen molar-refractivity contribution in [1.82, 2.24) is 0 Å². The standard InChI is InChI=1S/C24H26N2/c25-23-21-5-1-3-19(15-21)13-11-17-7-9-18(10-8-17)12-14-20-4-2-6-22(16-20)24(23)26/h1-10,15-16,23-24H,11-14,25-26H2/t23-,24+. The first-order valence-electron chi connectivity index (χ1n) is 9.46. The van der Waals surface area contributed by atoms with E-state index >= 15 is 0 Å². The van der Waals surface area contributed by atoms with Gasteiger partial charge in [0.15, 0.2) is 0 Å². The summed E-state index contributed by atoms with van der Waals surface area (Å²) in [6.45, 7) is 0. The SMILES string of the molecule is N[C@@H]1c2cccc(c2)CCc2ccc(cc2)CCc2cccc(c2)[C@@H]1N. The molecule has 0 saturated carbocycles. The summed E-state index contributed by atoms with van der Waals surface area (Å²) >= 11 is 0. The number of hydrogen-bond acceptors (Lipinski definition) is 2. The van der Waals surface area contributed by atoms with Crippen LogP contribution in [0.5, 0.6) is 0 Å². The van der Waals surface area contributed by atoms with Crippen molar-refractivity contribution in [3.05, 3.63) is 106 Å². The lowest BCUT2D eigenvalue weighted by Gasteiger charge is -2.22. The van der Waals surface area contributed by atoms with Crippen molar-refractivity contribution >= 4 is 0 Å². The van der Waals surface area contributed by atoms with E-state index in [1.54, 1.807) is 0 Å². The van der Waals surface area contributed by atoms with Crippen LogP contribution in [-0.4, -0.2) is 0 Å². The number of fused-ring (bicyclic) bond motifs is 5. The monoisotopic (exact) mass is 342 g/mol. The fraction of sp³-hybridized carbons (Fsp3) is 0.250. The number of nitrogens with two attached hydrogens (primary N) is 2. The Morgan fingerprint density at radius 1 is 0.500 bits per heavy atom. The summed E-state index contributed by atoms with van der Waals surface area (Å²) in [5.74, 6) is 0. The molecule has 0 aromatic heterocycles. The molecule has 3 aromatic carbocycles. The van der Waals surface area contributed by atoms with Gasteiger partial charge < -0.3 is 11.5 Å². The molecule has 0 radical (unpaired) electrons. The maximum absolute atomic E-state index is 6.53. The maximum Gasteiger partial charge on any atom is 0.0491 e. The fourth-order valence-corrected chi connectivity index (χ4v) is 3.78. The molecule has 0 heterocycles. The molecule has 0 amide bonds. The van der Waals surface area contributed by atoms with Crippen LogP contribution >= 0.6 is 0 Å². The topological polar surface area (TPSA) is 52.0 Å². The summed E-state index contributed by atoms with van der Waals surface area (Å²) in [7, 11) is 0. The van der Waals surface area contributed by atoms with Crippen molar-refractivity contribution in [2.75, 3.05) is 0 Å². The van der Waals surface area contributed by atoms with Crippen molar-refractivity contribution in [1.29, 1.82) is 0 Å². The predicted octanol–water partition coefficient (Wildman–Crippen LogP) is 4.27. The van der Waals surface area contributed by atoms with Gasteiger partial charge in [0.25, 0.3) is 0 Å². The highest BCUT2D eigenvalue weighted by atomic mass is 14.8. The summed E-state index contributed by atoms with van der Waals surface area (Å²) in [5.41, 5.74) is 20.7. The predicted molar refractivity (Wildman–Crippen MR) is 108 cm³/mol. The van der Waals surface area contributed by atoms with Crippen LogP contribution in [0.1, 0.15) is 45.5 Å². The van der Waals surface area contributed by atoms with Crippen LogP contribution in [0.25, 0.3) is 0 Å². The van der Waals surface area contributed by atoms with Crippen LogP contribution in [0.2, 0.25) is 0 Å². The van der Waals surface area contributed by atoms with E-state index < -0.39 is 0 Å². The van der Waals surface area contributed by atoms with Crippen molar-refractivity contribution in [2.24, 2.45) is 11.5 Å². The molecule has 0 saturated heterocycles. The van der Waals surface area contributed by atoms with Crippen molar-refractivity contribution in [3.63, 3.8) is 0 Å². The van der Waals surface area contributed by atoms with E-state index in [0.29, 0.717) is 0 Å². The third-order valence-corrected chi connectivity index (χ3v) is 5.49. The highest BCUT2D eigenvalue weighted by Crippen LogP contribution is 2.27. The second-order valence-corrected chi connectivity index (χ2v) is 7.36. The minimum Gasteiger partial charge on any atom is -0.322 e. The lowest BCUT2D eigenvalue weighted by molar-refractivity contribution is 0.573. The molecule has 0 fully saturated rings. The van der Waals surface area contributed by atoms with Gasteiger partial charge in [0.2, 0.25) is 0 Å². The van der Waals surface area contributed by atoms with Gasteiger partial charge >= 0.3 is 0 Å². The second kappa shape index (κ2) is 7.45. The average molecular weight is 342 g/mol. The van der Waals surface area contributed by atoms with E-state index in [9.17, 15) is 0 Å². The Morgan fingerprint density at radius 2 is 0.885 bits per heavy atom. The normalized spacial score (nSPS) is 20.1. The molecule has 2 nitrogen and oxygen atoms in total. The first-order valence-corrected chi connectivity index (χ1v) is 9.46. The Balaban J connectivity index is 1.74. The van der Waals surface area contributed by atoms with Gasteiger partial charge in [-0.15, -0.1) is 0 Å². The van der Waals surface area contributed by atoms with Crippen molar-refractivity contribution in [2.45, 2.75) is 37.8 Å². The summed E-state index contributed by atoms with van der Waals surface area (Å²) in [6.07, 6.45) is 4.13. The molecule has 3 aromatic rings. The largest absolute Gasteiger partial charge is 0.322 e. The average Bonchev–Trinajstić information content (AvgIpc) is 2.70. The Bertz CT molecular complexity index is 808. The van der Waals surface area contributed by atoms with Crippen LogP contribution in [0, 0.1) is 0 Å². The maximum atomic E-state index is 6.53. The van der Waals surface area contributed by atoms with Gasteiger partial charge in [-0.3, -0.25) is 0 Å². The van der Waals surface area contributed by atoms with E-state index in [2.05, 4.69) is 72.8 Å². The minimum absolute atomic E-state index is 0.198. The van der Waals surface area contributed by atoms with Crippen LogP contribution < -0.4 is 11.5 Å². The van der Waals surface area contributed by atoms with E-state index in [0.717, 1.165) is 36.8 Å². The molecule has 0 unspecified atom stereocenters. The van der Waals surface area contributed by atoms with E-state index in [-0.39, 0.29) is 12.1 Å². The number of rotatable bonds is 0. The molecule has 2 aliphatic rings. The minimum atomic E-state index is -0.198. The summed E-state index contributed by atoms with van der Waals surface area (Å²) < 4.78 is 0. The van der Waals surface area contributed by atoms with Gasteiger partial charge in [-0.2, -0.15) is 0 Å². The molecular formula is C24H26N2. The smallest absolute Gasteiger partial charge is 0.0491 e. The zero-order valence-corrected chi connectivity index (χ0v) is 15.1. The third-order valence-electron chi connectivity index (χ3n) is 5.49. The summed E-state index contributed by atoms with van der Waals surface area (Å²) in [4.78, 5) is 0. The molecule has 26 heavy (non-hydrogen) atoms. The van der Waals surface area contributed by atoms with Crippen molar-refractivity contribution in [3.8, 4) is 0 Å². The van der Waals surface area contributed by atoms with Crippen LogP contribution in [-0.2, 0) is 25.7 Å². The summed E-state index contributed by atoms with van der Waals surface area (Å²) in [5, 5.41) is 0. The Morgan fingerprint density at radius 3 is 1.31 bits per heavy atom. The van der Waals surface area contributed by atoms with E-state index in [1.165, 1.54) is 22.3 Å². The third kappa shape index (κ3) is 3.72. The van der Waals surface area contributed by atoms with Gasteiger partial charge in [0.05, 0.1) is 0 Å². The van der Waals surface area contributed by atoms with Gasteiger partial charge in [-0.05, 0) is 59.1 Å². The first kappa shape index (κ1) is 17.0. The molecule has 2 heteroatoms. The lowest BCUT2D eigenvalue weighted by Crippen LogP contribution is -2.26. The molecule has 0 aliphatic heterocycles. The molecule has 6 bridgehead atoms. The lowest BCUT2D eigenvalue weighted by atomic mass is 9.91. The summed E-state index contributed by atoms with van der Waals surface area (Å²) in [6, 6.07) is 25.8. The van der Waals surface area contributed by atoms with Crippen LogP contribution in [0.4, 0.5) is 0 Å². The molecule has 0 spiro atoms. The first-order chi connectivity index (χ1) is 12.7. The van der Waals surface area contributed by atoms with Crippen LogP contribution in [0.3, 0.4) is 0 Å². The fourth-order valence-electron chi connectivity index (χ4n) is 3.78. The van der Waals surface area contributed by atoms with Gasteiger partial charge in [0, 0.05) is 12.1 Å². The van der Waals surface area contributed by atoms with Gasteiger partial charge in [0.1, 0.15) is 0 Å². The quantitative estimate of drug-likeness (QED) is 0.641.